The third kappa shape index (κ3) is 7.53. The number of likely N-dealkylation sites (N-methyl/N-ethyl adjacent to an activating group) is 2. The Bertz CT molecular complexity index is 1350. The first kappa shape index (κ1) is 30.0. The first-order valence-electron chi connectivity index (χ1n) is 12.1. The maximum atomic E-state index is 14.0. The fraction of sp³-hybridized carbons (Fsp3) is 0.296. The highest BCUT2D eigenvalue weighted by Gasteiger charge is 2.36. The Morgan fingerprint density at radius 1 is 1.00 bits per heavy atom. The SMILES string of the molecule is C=CC(=O)Nc1cc(Nc2nc(Nc3ccccc3OC)ncc2C(F)(F)F)c(OC)cc1N(C)CCN(C)C. The maximum absolute atomic E-state index is 14.0. The molecule has 0 radical (unpaired) electrons. The Labute approximate surface area is 230 Å². The number of methoxy groups -OCH3 is 2. The molecule has 0 unspecified atom stereocenters. The number of halogens is 3. The molecule has 1 heterocycles. The van der Waals surface area contributed by atoms with Crippen LogP contribution in [0.3, 0.4) is 0 Å². The van der Waals surface area contributed by atoms with Gasteiger partial charge in [0.15, 0.2) is 0 Å². The second-order valence-corrected chi connectivity index (χ2v) is 8.89. The van der Waals surface area contributed by atoms with Crippen LogP contribution in [0.15, 0.2) is 55.3 Å². The number of ether oxygens (including phenoxy) is 2. The fourth-order valence-electron chi connectivity index (χ4n) is 3.65. The highest BCUT2D eigenvalue weighted by atomic mass is 19.4. The third-order valence-corrected chi connectivity index (χ3v) is 5.76. The predicted octanol–water partition coefficient (Wildman–Crippen LogP) is 5.12. The first-order valence-corrected chi connectivity index (χ1v) is 12.1. The lowest BCUT2D eigenvalue weighted by Crippen LogP contribution is -2.29. The van der Waals surface area contributed by atoms with Gasteiger partial charge in [-0.25, -0.2) is 4.98 Å². The minimum Gasteiger partial charge on any atom is -0.495 e. The molecule has 0 atom stereocenters. The van der Waals surface area contributed by atoms with Crippen molar-refractivity contribution in [3.05, 3.63) is 60.8 Å². The number of carbonyl (C=O) groups excluding carboxylic acids is 1. The number of nitrogens with one attached hydrogen (secondary N) is 3. The Kier molecular flexibility index (Phi) is 9.78. The number of carbonyl (C=O) groups is 1. The van der Waals surface area contributed by atoms with Crippen LogP contribution in [-0.4, -0.2) is 69.2 Å². The molecule has 1 aromatic heterocycles. The Hall–Kier alpha value is -4.52. The van der Waals surface area contributed by atoms with Crippen LogP contribution in [0, 0.1) is 0 Å². The second kappa shape index (κ2) is 13.0. The number of rotatable bonds is 12. The van der Waals surface area contributed by atoms with Gasteiger partial charge in [0.2, 0.25) is 11.9 Å². The monoisotopic (exact) mass is 559 g/mol. The van der Waals surface area contributed by atoms with Gasteiger partial charge >= 0.3 is 6.18 Å². The summed E-state index contributed by atoms with van der Waals surface area (Å²) < 4.78 is 52.7. The number of para-hydroxylation sites is 2. The number of amides is 1. The minimum absolute atomic E-state index is 0.0980. The van der Waals surface area contributed by atoms with Crippen molar-refractivity contribution in [2.45, 2.75) is 6.18 Å². The molecule has 0 fully saturated rings. The average molecular weight is 560 g/mol. The zero-order chi connectivity index (χ0) is 29.4. The van der Waals surface area contributed by atoms with E-state index in [0.717, 1.165) is 6.08 Å². The van der Waals surface area contributed by atoms with Gasteiger partial charge in [0.05, 0.1) is 37.0 Å². The number of nitrogens with zero attached hydrogens (tertiary/aromatic N) is 4. The Morgan fingerprint density at radius 3 is 2.33 bits per heavy atom. The van der Waals surface area contributed by atoms with E-state index in [4.69, 9.17) is 9.47 Å². The van der Waals surface area contributed by atoms with Gasteiger partial charge in [0, 0.05) is 32.4 Å². The molecule has 0 spiro atoms. The molecule has 0 saturated heterocycles. The maximum Gasteiger partial charge on any atom is 0.421 e. The van der Waals surface area contributed by atoms with E-state index in [1.54, 1.807) is 30.3 Å². The van der Waals surface area contributed by atoms with E-state index < -0.39 is 23.5 Å². The van der Waals surface area contributed by atoms with Crippen molar-refractivity contribution < 1.29 is 27.4 Å². The van der Waals surface area contributed by atoms with Crippen molar-refractivity contribution in [1.82, 2.24) is 14.9 Å². The Morgan fingerprint density at radius 2 is 1.70 bits per heavy atom. The summed E-state index contributed by atoms with van der Waals surface area (Å²) in [6.07, 6.45) is -2.98. The number of alkyl halides is 3. The minimum atomic E-state index is -4.76. The van der Waals surface area contributed by atoms with E-state index in [0.29, 0.717) is 42.1 Å². The molecular formula is C27H32F3N7O3. The lowest BCUT2D eigenvalue weighted by atomic mass is 10.1. The molecule has 0 saturated carbocycles. The van der Waals surface area contributed by atoms with Gasteiger partial charge in [0.1, 0.15) is 22.9 Å². The molecule has 10 nitrogen and oxygen atoms in total. The number of benzene rings is 2. The van der Waals surface area contributed by atoms with E-state index in [1.165, 1.54) is 20.3 Å². The highest BCUT2D eigenvalue weighted by molar-refractivity contribution is 6.02. The van der Waals surface area contributed by atoms with E-state index in [1.807, 2.05) is 30.9 Å². The second-order valence-electron chi connectivity index (χ2n) is 8.89. The lowest BCUT2D eigenvalue weighted by molar-refractivity contribution is -0.137. The van der Waals surface area contributed by atoms with Crippen LogP contribution in [-0.2, 0) is 11.0 Å². The topological polar surface area (TPSA) is 104 Å². The summed E-state index contributed by atoms with van der Waals surface area (Å²) in [5, 5.41) is 8.33. The van der Waals surface area contributed by atoms with E-state index in [-0.39, 0.29) is 17.4 Å². The van der Waals surface area contributed by atoms with Crippen LogP contribution < -0.4 is 30.3 Å². The van der Waals surface area contributed by atoms with Crippen LogP contribution in [0.2, 0.25) is 0 Å². The largest absolute Gasteiger partial charge is 0.495 e. The molecule has 0 bridgehead atoms. The van der Waals surface area contributed by atoms with Crippen molar-refractivity contribution in [2.75, 3.05) is 69.3 Å². The average Bonchev–Trinajstić information content (AvgIpc) is 2.91. The normalized spacial score (nSPS) is 11.1. The smallest absolute Gasteiger partial charge is 0.421 e. The summed E-state index contributed by atoms with van der Waals surface area (Å²) in [5.74, 6) is -0.417. The van der Waals surface area contributed by atoms with Crippen LogP contribution >= 0.6 is 0 Å². The quantitative estimate of drug-likeness (QED) is 0.261. The summed E-state index contributed by atoms with van der Waals surface area (Å²) in [4.78, 5) is 24.1. The van der Waals surface area contributed by atoms with Gasteiger partial charge in [-0.15, -0.1) is 0 Å². The Balaban J connectivity index is 2.08. The number of anilines is 6. The molecule has 0 aliphatic heterocycles. The summed E-state index contributed by atoms with van der Waals surface area (Å²) in [6, 6.07) is 9.95. The molecule has 13 heteroatoms. The molecular weight excluding hydrogens is 527 g/mol. The zero-order valence-corrected chi connectivity index (χ0v) is 22.9. The van der Waals surface area contributed by atoms with Gasteiger partial charge in [-0.2, -0.15) is 18.2 Å². The van der Waals surface area contributed by atoms with Crippen molar-refractivity contribution in [2.24, 2.45) is 0 Å². The fourth-order valence-corrected chi connectivity index (χ4v) is 3.65. The summed E-state index contributed by atoms with van der Waals surface area (Å²) in [7, 11) is 8.55. The van der Waals surface area contributed by atoms with Crippen molar-refractivity contribution in [3.63, 3.8) is 0 Å². The summed E-state index contributed by atoms with van der Waals surface area (Å²) in [6.45, 7) is 4.79. The van der Waals surface area contributed by atoms with Gasteiger partial charge in [-0.05, 0) is 38.4 Å². The first-order chi connectivity index (χ1) is 19.0. The van der Waals surface area contributed by atoms with Gasteiger partial charge < -0.3 is 35.2 Å². The van der Waals surface area contributed by atoms with Crippen LogP contribution in [0.4, 0.5) is 47.7 Å². The summed E-state index contributed by atoms with van der Waals surface area (Å²) in [5.41, 5.74) is 0.442. The highest BCUT2D eigenvalue weighted by Crippen LogP contribution is 2.41. The number of hydrogen-bond acceptors (Lipinski definition) is 9. The van der Waals surface area contributed by atoms with E-state index in [9.17, 15) is 18.0 Å². The van der Waals surface area contributed by atoms with E-state index in [2.05, 4.69) is 32.5 Å². The molecule has 214 valence electrons. The molecule has 40 heavy (non-hydrogen) atoms. The molecule has 2 aromatic carbocycles. The van der Waals surface area contributed by atoms with Crippen molar-refractivity contribution >= 4 is 40.4 Å². The third-order valence-electron chi connectivity index (χ3n) is 5.76. The van der Waals surface area contributed by atoms with Crippen molar-refractivity contribution in [1.29, 1.82) is 0 Å². The van der Waals surface area contributed by atoms with Crippen LogP contribution in [0.1, 0.15) is 5.56 Å². The predicted molar refractivity (Wildman–Crippen MR) is 150 cm³/mol. The van der Waals surface area contributed by atoms with Crippen LogP contribution in [0.5, 0.6) is 11.5 Å². The van der Waals surface area contributed by atoms with Crippen molar-refractivity contribution in [3.8, 4) is 11.5 Å². The van der Waals surface area contributed by atoms with E-state index >= 15 is 0 Å². The van der Waals surface area contributed by atoms with Crippen LogP contribution in [0.25, 0.3) is 0 Å². The number of aromatic nitrogens is 2. The standard InChI is InChI=1S/C27H32F3N7O3/c1-7-24(38)32-19-14-20(23(40-6)15-21(19)37(4)13-12-36(2)3)33-25-17(27(28,29)30)16-31-26(35-25)34-18-10-8-9-11-22(18)39-5/h7-11,14-16H,1,12-13H2,2-6H3,(H,32,38)(H2,31,33,34,35). The molecule has 3 N–H and O–H groups in total. The molecule has 0 aliphatic carbocycles. The molecule has 3 rings (SSSR count). The molecule has 0 aliphatic rings. The zero-order valence-electron chi connectivity index (χ0n) is 22.9. The summed E-state index contributed by atoms with van der Waals surface area (Å²) >= 11 is 0. The van der Waals surface area contributed by atoms with Gasteiger partial charge in [0.25, 0.3) is 0 Å². The van der Waals surface area contributed by atoms with Gasteiger partial charge in [-0.3, -0.25) is 4.79 Å². The van der Waals surface area contributed by atoms with Gasteiger partial charge in [-0.1, -0.05) is 18.7 Å². The molecule has 3 aromatic rings. The molecule has 1 amide bonds. The lowest BCUT2D eigenvalue weighted by Gasteiger charge is -2.26. The number of hydrogen-bond donors (Lipinski definition) is 3.